The number of nitrogens with zero attached hydrogens (tertiary/aromatic N) is 3. The van der Waals surface area contributed by atoms with Crippen LogP contribution in [0.5, 0.6) is 5.75 Å². The lowest BCUT2D eigenvalue weighted by Gasteiger charge is -2.13. The van der Waals surface area contributed by atoms with Gasteiger partial charge in [0.05, 0.1) is 46.5 Å². The molecule has 1 aromatic carbocycles. The molecule has 3 N–H and O–H groups in total. The quantitative estimate of drug-likeness (QED) is 0.168. The summed E-state index contributed by atoms with van der Waals surface area (Å²) >= 11 is 0. The number of aromatic amines is 1. The van der Waals surface area contributed by atoms with E-state index < -0.39 is 34.5 Å². The standard InChI is InChI=1S/C20H23N5O7S/c1-13-17(12-33(29)20-23-15-5-2-3-6-16(15)24-20)22-8-7-18(13)30-9-4-10-31-19(26)14(21)11-32-25(27)28/h2-3,5-8,14H,4,9-12,21H2,1H3,(H,23,24). The molecule has 0 saturated carbocycles. The van der Waals surface area contributed by atoms with E-state index in [0.717, 1.165) is 16.6 Å². The number of hydrogen-bond donors (Lipinski definition) is 2. The summed E-state index contributed by atoms with van der Waals surface area (Å²) in [6.45, 7) is 1.52. The average Bonchev–Trinajstić information content (AvgIpc) is 3.24. The van der Waals surface area contributed by atoms with E-state index in [1.165, 1.54) is 0 Å². The SMILES string of the molecule is Cc1c(OCCCOC(=O)C(N)CO[N+](=O)[O-])ccnc1CS(=O)c1nc2ccccc2[nH]1. The largest absolute Gasteiger partial charge is 0.493 e. The molecule has 0 fully saturated rings. The van der Waals surface area contributed by atoms with Crippen LogP contribution in [0.15, 0.2) is 41.7 Å². The molecule has 2 atom stereocenters. The first kappa shape index (κ1) is 24.1. The zero-order valence-corrected chi connectivity index (χ0v) is 18.6. The van der Waals surface area contributed by atoms with Crippen LogP contribution in [0.3, 0.4) is 0 Å². The van der Waals surface area contributed by atoms with E-state index in [4.69, 9.17) is 15.2 Å². The number of carbonyl (C=O) groups is 1. The van der Waals surface area contributed by atoms with Gasteiger partial charge in [-0.25, -0.2) is 4.98 Å². The second kappa shape index (κ2) is 11.3. The van der Waals surface area contributed by atoms with Crippen LogP contribution in [-0.4, -0.2) is 56.1 Å². The fourth-order valence-corrected chi connectivity index (χ4v) is 3.92. The Morgan fingerprint density at radius 1 is 1.30 bits per heavy atom. The third-order valence-electron chi connectivity index (χ3n) is 4.56. The van der Waals surface area contributed by atoms with Crippen LogP contribution < -0.4 is 10.5 Å². The maximum absolute atomic E-state index is 12.8. The van der Waals surface area contributed by atoms with Gasteiger partial charge < -0.3 is 25.0 Å². The molecule has 0 amide bonds. The van der Waals surface area contributed by atoms with Crippen molar-refractivity contribution in [3.63, 3.8) is 0 Å². The molecule has 0 aliphatic heterocycles. The van der Waals surface area contributed by atoms with E-state index in [2.05, 4.69) is 19.8 Å². The Morgan fingerprint density at radius 2 is 2.09 bits per heavy atom. The molecule has 0 spiro atoms. The fourth-order valence-electron chi connectivity index (χ4n) is 2.82. The van der Waals surface area contributed by atoms with Crippen molar-refractivity contribution >= 4 is 27.8 Å². The summed E-state index contributed by atoms with van der Waals surface area (Å²) < 4.78 is 23.5. The molecule has 2 aromatic heterocycles. The summed E-state index contributed by atoms with van der Waals surface area (Å²) in [5.41, 5.74) is 8.37. The van der Waals surface area contributed by atoms with Crippen molar-refractivity contribution in [2.75, 3.05) is 19.8 Å². The molecule has 0 aliphatic carbocycles. The Hall–Kier alpha value is -3.58. The summed E-state index contributed by atoms with van der Waals surface area (Å²) in [5, 5.41) is 9.47. The van der Waals surface area contributed by atoms with E-state index in [0.29, 0.717) is 23.0 Å². The predicted molar refractivity (Wildman–Crippen MR) is 117 cm³/mol. The van der Waals surface area contributed by atoms with Crippen molar-refractivity contribution < 1.29 is 28.4 Å². The minimum atomic E-state index is -1.42. The summed E-state index contributed by atoms with van der Waals surface area (Å²) in [6, 6.07) is 7.90. The van der Waals surface area contributed by atoms with Gasteiger partial charge >= 0.3 is 5.97 Å². The molecule has 0 aliphatic rings. The molecule has 0 radical (unpaired) electrons. The Morgan fingerprint density at radius 3 is 2.85 bits per heavy atom. The predicted octanol–water partition coefficient (Wildman–Crippen LogP) is 1.42. The van der Waals surface area contributed by atoms with Gasteiger partial charge in [-0.3, -0.25) is 14.0 Å². The van der Waals surface area contributed by atoms with Gasteiger partial charge in [-0.05, 0) is 25.1 Å². The number of ether oxygens (including phenoxy) is 2. The Kier molecular flexibility index (Phi) is 8.27. The zero-order chi connectivity index (χ0) is 23.8. The Labute approximate surface area is 191 Å². The van der Waals surface area contributed by atoms with Crippen LogP contribution in [0.4, 0.5) is 0 Å². The number of H-pyrrole nitrogens is 1. The number of hydrogen-bond acceptors (Lipinski definition) is 10. The van der Waals surface area contributed by atoms with Gasteiger partial charge in [0.15, 0.2) is 5.16 Å². The first-order chi connectivity index (χ1) is 15.8. The molecule has 33 heavy (non-hydrogen) atoms. The number of fused-ring (bicyclic) bond motifs is 1. The molecule has 0 saturated heterocycles. The van der Waals surface area contributed by atoms with Crippen LogP contribution in [0.1, 0.15) is 17.7 Å². The van der Waals surface area contributed by atoms with Crippen molar-refractivity contribution in [1.82, 2.24) is 15.0 Å². The average molecular weight is 477 g/mol. The number of benzene rings is 1. The number of imidazole rings is 1. The van der Waals surface area contributed by atoms with Gasteiger partial charge in [-0.1, -0.05) is 12.1 Å². The van der Waals surface area contributed by atoms with Crippen molar-refractivity contribution in [3.05, 3.63) is 57.9 Å². The summed E-state index contributed by atoms with van der Waals surface area (Å²) in [5.74, 6) is -0.0544. The van der Waals surface area contributed by atoms with Gasteiger partial charge in [0.25, 0.3) is 5.09 Å². The van der Waals surface area contributed by atoms with Crippen molar-refractivity contribution in [2.24, 2.45) is 5.73 Å². The number of carbonyl (C=O) groups excluding carboxylic acids is 1. The Bertz CT molecular complexity index is 1120. The first-order valence-corrected chi connectivity index (χ1v) is 11.3. The lowest BCUT2D eigenvalue weighted by molar-refractivity contribution is -0.757. The molecule has 2 heterocycles. The van der Waals surface area contributed by atoms with Crippen molar-refractivity contribution in [3.8, 4) is 5.75 Å². The van der Waals surface area contributed by atoms with Gasteiger partial charge in [0.2, 0.25) is 0 Å². The highest BCUT2D eigenvalue weighted by Gasteiger charge is 2.17. The van der Waals surface area contributed by atoms with Gasteiger partial charge in [0, 0.05) is 18.2 Å². The zero-order valence-electron chi connectivity index (χ0n) is 17.8. The summed E-state index contributed by atoms with van der Waals surface area (Å²) in [6.07, 6.45) is 1.94. The topological polar surface area (TPSA) is 173 Å². The molecule has 3 aromatic rings. The van der Waals surface area contributed by atoms with Crippen LogP contribution in [0.25, 0.3) is 11.0 Å². The van der Waals surface area contributed by atoms with Gasteiger partial charge in [-0.15, -0.1) is 10.1 Å². The van der Waals surface area contributed by atoms with Crippen LogP contribution >= 0.6 is 0 Å². The maximum atomic E-state index is 12.8. The first-order valence-electron chi connectivity index (χ1n) is 9.95. The highest BCUT2D eigenvalue weighted by molar-refractivity contribution is 7.84. The molecule has 3 rings (SSSR count). The van der Waals surface area contributed by atoms with Crippen molar-refractivity contribution in [1.29, 1.82) is 0 Å². The number of para-hydroxylation sites is 2. The third-order valence-corrected chi connectivity index (χ3v) is 5.72. The van der Waals surface area contributed by atoms with E-state index in [1.54, 1.807) is 12.3 Å². The van der Waals surface area contributed by atoms with E-state index >= 15 is 0 Å². The monoisotopic (exact) mass is 477 g/mol. The third kappa shape index (κ3) is 6.70. The van der Waals surface area contributed by atoms with Crippen LogP contribution in [-0.2, 0) is 30.9 Å². The molecular weight excluding hydrogens is 454 g/mol. The van der Waals surface area contributed by atoms with E-state index in [9.17, 15) is 19.1 Å². The molecule has 13 heteroatoms. The number of rotatable bonds is 12. The molecule has 2 unspecified atom stereocenters. The minimum absolute atomic E-state index is 0.0258. The normalized spacial score (nSPS) is 12.8. The van der Waals surface area contributed by atoms with Crippen LogP contribution in [0.2, 0.25) is 0 Å². The number of nitrogens with two attached hydrogens (primary N) is 1. The summed E-state index contributed by atoms with van der Waals surface area (Å²) in [7, 11) is -1.42. The number of esters is 1. The number of aromatic nitrogens is 3. The second-order valence-electron chi connectivity index (χ2n) is 6.93. The van der Waals surface area contributed by atoms with E-state index in [-0.39, 0.29) is 19.0 Å². The Balaban J connectivity index is 1.48. The summed E-state index contributed by atoms with van der Waals surface area (Å²) in [4.78, 5) is 37.5. The molecule has 12 nitrogen and oxygen atoms in total. The minimum Gasteiger partial charge on any atom is -0.493 e. The lowest BCUT2D eigenvalue weighted by Crippen LogP contribution is -2.37. The van der Waals surface area contributed by atoms with Gasteiger partial charge in [-0.2, -0.15) is 0 Å². The van der Waals surface area contributed by atoms with Crippen molar-refractivity contribution in [2.45, 2.75) is 30.3 Å². The fraction of sp³-hybridized carbons (Fsp3) is 0.350. The second-order valence-corrected chi connectivity index (χ2v) is 8.29. The van der Waals surface area contributed by atoms with Gasteiger partial charge in [0.1, 0.15) is 18.4 Å². The smallest absolute Gasteiger partial charge is 0.324 e. The highest BCUT2D eigenvalue weighted by atomic mass is 32.2. The molecule has 0 bridgehead atoms. The van der Waals surface area contributed by atoms with Crippen LogP contribution in [0, 0.1) is 17.0 Å². The number of nitrogens with one attached hydrogen (secondary N) is 1. The maximum Gasteiger partial charge on any atom is 0.324 e. The number of pyridine rings is 1. The molecule has 176 valence electrons. The van der Waals surface area contributed by atoms with E-state index in [1.807, 2.05) is 31.2 Å². The highest BCUT2D eigenvalue weighted by Crippen LogP contribution is 2.22. The lowest BCUT2D eigenvalue weighted by atomic mass is 10.2. The molecular formula is C20H23N5O7S.